The second-order valence-corrected chi connectivity index (χ2v) is 5.72. The van der Waals surface area contributed by atoms with Crippen molar-refractivity contribution in [2.24, 2.45) is 5.41 Å². The molecule has 2 nitrogen and oxygen atoms in total. The highest BCUT2D eigenvalue weighted by Gasteiger charge is 2.48. The quantitative estimate of drug-likeness (QED) is 0.806. The molecule has 1 saturated carbocycles. The van der Waals surface area contributed by atoms with E-state index in [4.69, 9.17) is 4.74 Å². The summed E-state index contributed by atoms with van der Waals surface area (Å²) >= 11 is 0. The monoisotopic (exact) mass is 232 g/mol. The van der Waals surface area contributed by atoms with Gasteiger partial charge in [-0.25, -0.2) is 0 Å². The third kappa shape index (κ3) is 1.50. The Hall–Kier alpha value is -1.02. The number of hydrogen-bond donors (Lipinski definition) is 1. The molecule has 0 bridgehead atoms. The first-order valence-corrected chi connectivity index (χ1v) is 6.50. The van der Waals surface area contributed by atoms with Gasteiger partial charge < -0.3 is 9.84 Å². The Labute approximate surface area is 103 Å². The molecular formula is C15H20O2. The van der Waals surface area contributed by atoms with Crippen molar-refractivity contribution in [1.29, 1.82) is 0 Å². The summed E-state index contributed by atoms with van der Waals surface area (Å²) in [6.07, 6.45) is 4.11. The zero-order chi connectivity index (χ0) is 12.0. The zero-order valence-electron chi connectivity index (χ0n) is 10.6. The fourth-order valence-electron chi connectivity index (χ4n) is 3.74. The van der Waals surface area contributed by atoms with Crippen molar-refractivity contribution in [2.45, 2.75) is 44.6 Å². The number of methoxy groups -OCH3 is 1. The van der Waals surface area contributed by atoms with Crippen LogP contribution in [0.2, 0.25) is 0 Å². The van der Waals surface area contributed by atoms with Crippen LogP contribution in [-0.2, 0) is 6.42 Å². The Morgan fingerprint density at radius 2 is 2.18 bits per heavy atom. The molecule has 0 aromatic heterocycles. The van der Waals surface area contributed by atoms with Gasteiger partial charge in [0.1, 0.15) is 5.75 Å². The van der Waals surface area contributed by atoms with Crippen LogP contribution in [0.15, 0.2) is 18.2 Å². The van der Waals surface area contributed by atoms with Crippen LogP contribution in [0.4, 0.5) is 0 Å². The molecule has 0 heterocycles. The molecule has 2 aliphatic carbocycles. The molecule has 0 spiro atoms. The molecule has 0 radical (unpaired) electrons. The molecule has 1 aromatic carbocycles. The standard InChI is InChI=1S/C15H20O2/c1-15-8-7-10-9-11(17-2)3-4-12(10)13(15)5-6-14(15)16/h3-4,9,13-14,16H,5-8H2,1-2H3/t13-,14-,15+/m0/s1. The molecule has 2 aliphatic rings. The highest BCUT2D eigenvalue weighted by Crippen LogP contribution is 2.55. The number of aliphatic hydroxyl groups excluding tert-OH is 1. The Balaban J connectivity index is 2.04. The molecule has 2 heteroatoms. The number of benzene rings is 1. The van der Waals surface area contributed by atoms with Crippen molar-refractivity contribution in [1.82, 2.24) is 0 Å². The van der Waals surface area contributed by atoms with Gasteiger partial charge in [-0.05, 0) is 54.9 Å². The maximum atomic E-state index is 10.2. The minimum atomic E-state index is -0.122. The maximum Gasteiger partial charge on any atom is 0.119 e. The van der Waals surface area contributed by atoms with Crippen LogP contribution >= 0.6 is 0 Å². The Morgan fingerprint density at radius 1 is 1.35 bits per heavy atom. The molecule has 17 heavy (non-hydrogen) atoms. The minimum Gasteiger partial charge on any atom is -0.497 e. The Morgan fingerprint density at radius 3 is 2.94 bits per heavy atom. The fraction of sp³-hybridized carbons (Fsp3) is 0.600. The lowest BCUT2D eigenvalue weighted by Gasteiger charge is -2.40. The first kappa shape index (κ1) is 11.1. The van der Waals surface area contributed by atoms with Gasteiger partial charge in [-0.1, -0.05) is 13.0 Å². The predicted molar refractivity (Wildman–Crippen MR) is 67.4 cm³/mol. The number of aryl methyl sites for hydroxylation is 1. The average molecular weight is 232 g/mol. The molecule has 1 aromatic rings. The van der Waals surface area contributed by atoms with Gasteiger partial charge in [0.25, 0.3) is 0 Å². The summed E-state index contributed by atoms with van der Waals surface area (Å²) in [5.41, 5.74) is 2.96. The van der Waals surface area contributed by atoms with Gasteiger partial charge in [0.05, 0.1) is 13.2 Å². The van der Waals surface area contributed by atoms with Crippen LogP contribution in [0, 0.1) is 5.41 Å². The van der Waals surface area contributed by atoms with E-state index in [1.54, 1.807) is 7.11 Å². The maximum absolute atomic E-state index is 10.2. The van der Waals surface area contributed by atoms with E-state index in [1.807, 2.05) is 0 Å². The molecule has 1 N–H and O–H groups in total. The normalized spacial score (nSPS) is 35.2. The summed E-state index contributed by atoms with van der Waals surface area (Å²) in [4.78, 5) is 0. The van der Waals surface area contributed by atoms with E-state index in [1.165, 1.54) is 11.1 Å². The smallest absolute Gasteiger partial charge is 0.119 e. The molecule has 0 amide bonds. The van der Waals surface area contributed by atoms with Gasteiger partial charge in [-0.15, -0.1) is 0 Å². The van der Waals surface area contributed by atoms with Gasteiger partial charge >= 0.3 is 0 Å². The Bertz CT molecular complexity index is 441. The lowest BCUT2D eigenvalue weighted by atomic mass is 9.66. The van der Waals surface area contributed by atoms with Gasteiger partial charge in [0, 0.05) is 5.41 Å². The van der Waals surface area contributed by atoms with Gasteiger partial charge in [-0.3, -0.25) is 0 Å². The zero-order valence-corrected chi connectivity index (χ0v) is 10.6. The number of ether oxygens (including phenoxy) is 1. The van der Waals surface area contributed by atoms with Crippen LogP contribution in [0.3, 0.4) is 0 Å². The van der Waals surface area contributed by atoms with E-state index < -0.39 is 0 Å². The van der Waals surface area contributed by atoms with Crippen LogP contribution < -0.4 is 4.74 Å². The first-order chi connectivity index (χ1) is 8.15. The molecule has 3 rings (SSSR count). The van der Waals surface area contributed by atoms with Crippen molar-refractivity contribution in [3.05, 3.63) is 29.3 Å². The highest BCUT2D eigenvalue weighted by atomic mass is 16.5. The van der Waals surface area contributed by atoms with E-state index in [-0.39, 0.29) is 11.5 Å². The molecule has 0 saturated heterocycles. The summed E-state index contributed by atoms with van der Waals surface area (Å²) in [5.74, 6) is 1.48. The fourth-order valence-corrected chi connectivity index (χ4v) is 3.74. The molecule has 0 aliphatic heterocycles. The first-order valence-electron chi connectivity index (χ1n) is 6.50. The minimum absolute atomic E-state index is 0.0988. The van der Waals surface area contributed by atoms with Crippen molar-refractivity contribution in [3.8, 4) is 5.75 Å². The van der Waals surface area contributed by atoms with E-state index >= 15 is 0 Å². The summed E-state index contributed by atoms with van der Waals surface area (Å²) in [6, 6.07) is 6.42. The summed E-state index contributed by atoms with van der Waals surface area (Å²) in [6.45, 7) is 2.25. The summed E-state index contributed by atoms with van der Waals surface area (Å²) < 4.78 is 5.29. The molecule has 1 fully saturated rings. The van der Waals surface area contributed by atoms with Gasteiger partial charge in [-0.2, -0.15) is 0 Å². The third-order valence-corrected chi connectivity index (χ3v) is 4.94. The average Bonchev–Trinajstić information content (AvgIpc) is 2.65. The second kappa shape index (κ2) is 3.74. The SMILES string of the molecule is COc1ccc2c(c1)CC[C@@]1(C)[C@@H](O)CC[C@@H]21. The Kier molecular flexibility index (Phi) is 2.44. The number of fused-ring (bicyclic) bond motifs is 3. The summed E-state index contributed by atoms with van der Waals surface area (Å²) in [5, 5.41) is 10.2. The van der Waals surface area contributed by atoms with Crippen molar-refractivity contribution < 1.29 is 9.84 Å². The van der Waals surface area contributed by atoms with E-state index in [2.05, 4.69) is 25.1 Å². The van der Waals surface area contributed by atoms with E-state index in [0.29, 0.717) is 5.92 Å². The largest absolute Gasteiger partial charge is 0.497 e. The van der Waals surface area contributed by atoms with Gasteiger partial charge in [0.15, 0.2) is 0 Å². The third-order valence-electron chi connectivity index (χ3n) is 4.94. The van der Waals surface area contributed by atoms with E-state index in [0.717, 1.165) is 31.4 Å². The van der Waals surface area contributed by atoms with Crippen LogP contribution in [0.25, 0.3) is 0 Å². The van der Waals surface area contributed by atoms with Crippen LogP contribution in [0.5, 0.6) is 5.75 Å². The molecule has 0 unspecified atom stereocenters. The molecule has 92 valence electrons. The molecular weight excluding hydrogens is 212 g/mol. The second-order valence-electron chi connectivity index (χ2n) is 5.72. The van der Waals surface area contributed by atoms with Gasteiger partial charge in [0.2, 0.25) is 0 Å². The van der Waals surface area contributed by atoms with Crippen molar-refractivity contribution in [2.75, 3.05) is 7.11 Å². The van der Waals surface area contributed by atoms with Crippen LogP contribution in [0.1, 0.15) is 43.2 Å². The van der Waals surface area contributed by atoms with E-state index in [9.17, 15) is 5.11 Å². The topological polar surface area (TPSA) is 29.5 Å². The lowest BCUT2D eigenvalue weighted by molar-refractivity contribution is 0.0457. The highest BCUT2D eigenvalue weighted by molar-refractivity contribution is 5.41. The number of rotatable bonds is 1. The summed E-state index contributed by atoms with van der Waals surface area (Å²) in [7, 11) is 1.72. The van der Waals surface area contributed by atoms with Crippen molar-refractivity contribution >= 4 is 0 Å². The molecule has 3 atom stereocenters. The number of aliphatic hydroxyl groups is 1. The predicted octanol–water partition coefficient (Wildman–Crippen LogP) is 2.89. The van der Waals surface area contributed by atoms with Crippen molar-refractivity contribution in [3.63, 3.8) is 0 Å². The lowest BCUT2D eigenvalue weighted by Crippen LogP contribution is -2.35. The number of hydrogen-bond acceptors (Lipinski definition) is 2. The van der Waals surface area contributed by atoms with Crippen LogP contribution in [-0.4, -0.2) is 18.3 Å².